The Balaban J connectivity index is 2.20. The summed E-state index contributed by atoms with van der Waals surface area (Å²) in [6.07, 6.45) is 2.01. The lowest BCUT2D eigenvalue weighted by Crippen LogP contribution is -2.08. The average Bonchev–Trinajstić information content (AvgIpc) is 2.63. The molecule has 0 amide bonds. The third-order valence-electron chi connectivity index (χ3n) is 2.42. The summed E-state index contributed by atoms with van der Waals surface area (Å²) in [6, 6.07) is 6.04. The molecule has 0 saturated carbocycles. The van der Waals surface area contributed by atoms with Crippen molar-refractivity contribution in [3.8, 4) is 0 Å². The van der Waals surface area contributed by atoms with E-state index in [1.54, 1.807) is 0 Å². The zero-order valence-corrected chi connectivity index (χ0v) is 9.20. The van der Waals surface area contributed by atoms with Gasteiger partial charge in [-0.2, -0.15) is 5.10 Å². The van der Waals surface area contributed by atoms with Crippen LogP contribution < -0.4 is 5.32 Å². The van der Waals surface area contributed by atoms with Crippen LogP contribution in [-0.4, -0.2) is 28.2 Å². The van der Waals surface area contributed by atoms with E-state index in [1.807, 2.05) is 36.7 Å². The molecular formula is C11H16N4. The van der Waals surface area contributed by atoms with E-state index in [4.69, 9.17) is 0 Å². The summed E-state index contributed by atoms with van der Waals surface area (Å²) in [7, 11) is 1.96. The fourth-order valence-corrected chi connectivity index (χ4v) is 1.61. The minimum Gasteiger partial charge on any atom is -0.320 e. The predicted molar refractivity (Wildman–Crippen MR) is 60.0 cm³/mol. The third-order valence-corrected chi connectivity index (χ3v) is 2.42. The molecule has 0 aliphatic heterocycles. The van der Waals surface area contributed by atoms with Crippen LogP contribution in [0.2, 0.25) is 0 Å². The van der Waals surface area contributed by atoms with Crippen molar-refractivity contribution in [1.29, 1.82) is 0 Å². The van der Waals surface area contributed by atoms with Crippen molar-refractivity contribution in [3.05, 3.63) is 29.7 Å². The highest BCUT2D eigenvalue weighted by molar-refractivity contribution is 5.38. The van der Waals surface area contributed by atoms with Crippen LogP contribution in [0, 0.1) is 6.92 Å². The Labute approximate surface area is 89.3 Å². The lowest BCUT2D eigenvalue weighted by molar-refractivity contribution is 0.699. The van der Waals surface area contributed by atoms with E-state index in [9.17, 15) is 0 Å². The largest absolute Gasteiger partial charge is 0.320 e. The molecule has 0 aliphatic rings. The van der Waals surface area contributed by atoms with Gasteiger partial charge in [-0.05, 0) is 39.1 Å². The number of pyridine rings is 1. The molecule has 15 heavy (non-hydrogen) atoms. The molecule has 4 heteroatoms. The Kier molecular flexibility index (Phi) is 2.97. The normalized spacial score (nSPS) is 11.1. The number of fused-ring (bicyclic) bond motifs is 1. The van der Waals surface area contributed by atoms with Crippen molar-refractivity contribution < 1.29 is 0 Å². The van der Waals surface area contributed by atoms with Crippen LogP contribution in [0.15, 0.2) is 18.2 Å². The molecule has 0 radical (unpaired) electrons. The summed E-state index contributed by atoms with van der Waals surface area (Å²) < 4.78 is 1.90. The Morgan fingerprint density at radius 1 is 1.40 bits per heavy atom. The molecule has 0 fully saturated rings. The number of nitrogens with zero attached hydrogens (tertiary/aromatic N) is 3. The molecule has 0 unspecified atom stereocenters. The molecule has 0 aromatic carbocycles. The minimum atomic E-state index is 0.930. The fraction of sp³-hybridized carbons (Fsp3) is 0.455. The van der Waals surface area contributed by atoms with E-state index in [2.05, 4.69) is 15.4 Å². The van der Waals surface area contributed by atoms with E-state index < -0.39 is 0 Å². The number of aryl methyl sites for hydroxylation is 2. The SMILES string of the molecule is CNCCCc1nc2cccc(C)n2n1. The van der Waals surface area contributed by atoms with Crippen LogP contribution in [0.5, 0.6) is 0 Å². The molecule has 0 bridgehead atoms. The molecular weight excluding hydrogens is 188 g/mol. The number of rotatable bonds is 4. The first-order valence-corrected chi connectivity index (χ1v) is 5.27. The maximum atomic E-state index is 4.47. The second-order valence-corrected chi connectivity index (χ2v) is 3.67. The summed E-state index contributed by atoms with van der Waals surface area (Å²) >= 11 is 0. The Morgan fingerprint density at radius 2 is 2.27 bits per heavy atom. The van der Waals surface area contributed by atoms with Gasteiger partial charge >= 0.3 is 0 Å². The molecule has 2 heterocycles. The second-order valence-electron chi connectivity index (χ2n) is 3.67. The van der Waals surface area contributed by atoms with E-state index in [1.165, 1.54) is 0 Å². The van der Waals surface area contributed by atoms with Crippen molar-refractivity contribution in [1.82, 2.24) is 19.9 Å². The molecule has 2 aromatic heterocycles. The van der Waals surface area contributed by atoms with E-state index in [0.29, 0.717) is 0 Å². The Morgan fingerprint density at radius 3 is 3.00 bits per heavy atom. The van der Waals surface area contributed by atoms with Crippen LogP contribution in [0.3, 0.4) is 0 Å². The van der Waals surface area contributed by atoms with Crippen molar-refractivity contribution >= 4 is 5.65 Å². The van der Waals surface area contributed by atoms with Gasteiger partial charge in [0, 0.05) is 12.1 Å². The summed E-state index contributed by atoms with van der Waals surface area (Å²) in [6.45, 7) is 3.05. The standard InChI is InChI=1S/C11H16N4/c1-9-5-3-7-11-13-10(14-15(9)11)6-4-8-12-2/h3,5,7,12H,4,6,8H2,1-2H3. The first-order valence-electron chi connectivity index (χ1n) is 5.27. The lowest BCUT2D eigenvalue weighted by atomic mass is 10.3. The maximum absolute atomic E-state index is 4.47. The van der Waals surface area contributed by atoms with E-state index in [-0.39, 0.29) is 0 Å². The Bertz CT molecular complexity index is 447. The van der Waals surface area contributed by atoms with Crippen molar-refractivity contribution in [2.45, 2.75) is 19.8 Å². The van der Waals surface area contributed by atoms with Crippen molar-refractivity contribution in [2.75, 3.05) is 13.6 Å². The maximum Gasteiger partial charge on any atom is 0.155 e. The molecule has 0 atom stereocenters. The van der Waals surface area contributed by atoms with Crippen LogP contribution in [0.1, 0.15) is 17.9 Å². The average molecular weight is 204 g/mol. The topological polar surface area (TPSA) is 42.2 Å². The van der Waals surface area contributed by atoms with Gasteiger partial charge in [0.15, 0.2) is 11.5 Å². The molecule has 0 aliphatic carbocycles. The highest BCUT2D eigenvalue weighted by Crippen LogP contribution is 2.05. The molecule has 2 aromatic rings. The van der Waals surface area contributed by atoms with Crippen LogP contribution in [0.25, 0.3) is 5.65 Å². The van der Waals surface area contributed by atoms with E-state index in [0.717, 1.165) is 36.6 Å². The third kappa shape index (κ3) is 2.15. The van der Waals surface area contributed by atoms with Gasteiger partial charge in [0.05, 0.1) is 0 Å². The van der Waals surface area contributed by atoms with E-state index >= 15 is 0 Å². The molecule has 0 saturated heterocycles. The van der Waals surface area contributed by atoms with Gasteiger partial charge < -0.3 is 5.32 Å². The van der Waals surface area contributed by atoms with Crippen molar-refractivity contribution in [2.24, 2.45) is 0 Å². The minimum absolute atomic E-state index is 0.930. The summed E-state index contributed by atoms with van der Waals surface area (Å²) in [5.41, 5.74) is 2.06. The first kappa shape index (κ1) is 10.1. The Hall–Kier alpha value is -1.42. The smallest absolute Gasteiger partial charge is 0.155 e. The quantitative estimate of drug-likeness (QED) is 0.761. The van der Waals surface area contributed by atoms with Gasteiger partial charge in [0.1, 0.15) is 0 Å². The molecule has 2 rings (SSSR count). The highest BCUT2D eigenvalue weighted by atomic mass is 15.3. The number of aromatic nitrogens is 3. The second kappa shape index (κ2) is 4.40. The number of hydrogen-bond acceptors (Lipinski definition) is 3. The van der Waals surface area contributed by atoms with Crippen molar-refractivity contribution in [3.63, 3.8) is 0 Å². The highest BCUT2D eigenvalue weighted by Gasteiger charge is 2.03. The fourth-order valence-electron chi connectivity index (χ4n) is 1.61. The molecule has 0 spiro atoms. The van der Waals surface area contributed by atoms with Gasteiger partial charge in [-0.15, -0.1) is 0 Å². The zero-order valence-electron chi connectivity index (χ0n) is 9.20. The van der Waals surface area contributed by atoms with Crippen LogP contribution in [0.4, 0.5) is 0 Å². The van der Waals surface area contributed by atoms with Crippen LogP contribution in [-0.2, 0) is 6.42 Å². The summed E-state index contributed by atoms with van der Waals surface area (Å²) in [5.74, 6) is 0.930. The number of nitrogens with one attached hydrogen (secondary N) is 1. The monoisotopic (exact) mass is 204 g/mol. The van der Waals surface area contributed by atoms with Gasteiger partial charge in [-0.1, -0.05) is 6.07 Å². The molecule has 80 valence electrons. The molecule has 4 nitrogen and oxygen atoms in total. The zero-order chi connectivity index (χ0) is 10.7. The van der Waals surface area contributed by atoms with Gasteiger partial charge in [0.2, 0.25) is 0 Å². The first-order chi connectivity index (χ1) is 7.31. The van der Waals surface area contributed by atoms with Gasteiger partial charge in [-0.25, -0.2) is 9.50 Å². The van der Waals surface area contributed by atoms with Gasteiger partial charge in [0.25, 0.3) is 0 Å². The van der Waals surface area contributed by atoms with Gasteiger partial charge in [-0.3, -0.25) is 0 Å². The summed E-state index contributed by atoms with van der Waals surface area (Å²) in [4.78, 5) is 4.47. The van der Waals surface area contributed by atoms with Crippen LogP contribution >= 0.6 is 0 Å². The molecule has 1 N–H and O–H groups in total. The predicted octanol–water partition coefficient (Wildman–Crippen LogP) is 1.19. The lowest BCUT2D eigenvalue weighted by Gasteiger charge is -1.95. The summed E-state index contributed by atoms with van der Waals surface area (Å²) in [5, 5.41) is 7.58. The number of hydrogen-bond donors (Lipinski definition) is 1.